The molecule has 2 rings (SSSR count). The zero-order valence-corrected chi connectivity index (χ0v) is 11.8. The average molecular weight is 285 g/mol. The van der Waals surface area contributed by atoms with Crippen LogP contribution in [-0.4, -0.2) is 19.4 Å². The van der Waals surface area contributed by atoms with E-state index in [-0.39, 0.29) is 11.3 Å². The van der Waals surface area contributed by atoms with Crippen LogP contribution in [0.1, 0.15) is 25.6 Å². The zero-order chi connectivity index (χ0) is 14.4. The van der Waals surface area contributed by atoms with Gasteiger partial charge in [0.05, 0.1) is 10.8 Å². The predicted molar refractivity (Wildman–Crippen MR) is 72.0 cm³/mol. The zero-order valence-electron chi connectivity index (χ0n) is 11.0. The number of para-hydroxylation sites is 1. The summed E-state index contributed by atoms with van der Waals surface area (Å²) in [5.74, 6) is -0.233. The van der Waals surface area contributed by atoms with Crippen LogP contribution >= 0.6 is 0 Å². The van der Waals surface area contributed by atoms with Crippen molar-refractivity contribution in [2.75, 3.05) is 6.26 Å². The lowest BCUT2D eigenvalue weighted by molar-refractivity contribution is 0.418. The molecule has 2 aromatic rings. The average Bonchev–Trinajstić information content (AvgIpc) is 2.71. The number of nitrogens with two attached hydrogens (primary N) is 1. The fourth-order valence-corrected chi connectivity index (χ4v) is 2.35. The molecule has 0 saturated heterocycles. The highest BCUT2D eigenvalue weighted by Crippen LogP contribution is 2.33. The van der Waals surface area contributed by atoms with Gasteiger partial charge in [-0.3, -0.25) is 0 Å². The molecule has 6 heteroatoms. The fourth-order valence-electron chi connectivity index (χ4n) is 1.77. The van der Waals surface area contributed by atoms with Crippen LogP contribution in [0.3, 0.4) is 0 Å². The Hall–Kier alpha value is -1.40. The van der Waals surface area contributed by atoms with E-state index < -0.39 is 26.4 Å². The molecule has 1 heterocycles. The number of sulfone groups is 1. The molecule has 0 aliphatic carbocycles. The second kappa shape index (κ2) is 4.31. The number of halogens is 1. The lowest BCUT2D eigenvalue weighted by Crippen LogP contribution is -2.42. The standard InChI is InChI=1S/C13H16FNO3S/c1-13(2,19(3,16)17)12(15)10-7-8-5-4-6-9(14)11(8)18-10/h4-7,12H,15H2,1-3H3. The van der Waals surface area contributed by atoms with E-state index in [9.17, 15) is 12.8 Å². The van der Waals surface area contributed by atoms with Gasteiger partial charge < -0.3 is 10.2 Å². The lowest BCUT2D eigenvalue weighted by atomic mass is 10.0. The number of rotatable bonds is 3. The van der Waals surface area contributed by atoms with E-state index in [0.29, 0.717) is 5.39 Å². The Morgan fingerprint density at radius 3 is 2.53 bits per heavy atom. The molecule has 1 aromatic carbocycles. The summed E-state index contributed by atoms with van der Waals surface area (Å²) in [6, 6.07) is 5.24. The number of fused-ring (bicyclic) bond motifs is 1. The highest BCUT2D eigenvalue weighted by molar-refractivity contribution is 7.92. The molecule has 0 fully saturated rings. The van der Waals surface area contributed by atoms with E-state index in [4.69, 9.17) is 10.2 Å². The molecule has 4 nitrogen and oxygen atoms in total. The first-order valence-electron chi connectivity index (χ1n) is 5.77. The van der Waals surface area contributed by atoms with Crippen molar-refractivity contribution in [1.29, 1.82) is 0 Å². The predicted octanol–water partition coefficient (Wildman–Crippen LogP) is 2.39. The minimum Gasteiger partial charge on any atom is -0.456 e. The third kappa shape index (κ3) is 2.26. The first-order valence-corrected chi connectivity index (χ1v) is 7.67. The highest BCUT2D eigenvalue weighted by Gasteiger charge is 2.39. The van der Waals surface area contributed by atoms with Gasteiger partial charge >= 0.3 is 0 Å². The van der Waals surface area contributed by atoms with Crippen LogP contribution in [0.5, 0.6) is 0 Å². The Morgan fingerprint density at radius 1 is 1.37 bits per heavy atom. The minimum absolute atomic E-state index is 0.0947. The van der Waals surface area contributed by atoms with Crippen molar-refractivity contribution < 1.29 is 17.2 Å². The summed E-state index contributed by atoms with van der Waals surface area (Å²) in [4.78, 5) is 0. The Morgan fingerprint density at radius 2 is 2.00 bits per heavy atom. The van der Waals surface area contributed by atoms with Gasteiger partial charge in [-0.25, -0.2) is 12.8 Å². The summed E-state index contributed by atoms with van der Waals surface area (Å²) in [7, 11) is -3.38. The molecular formula is C13H16FNO3S. The molecule has 0 aliphatic heterocycles. The van der Waals surface area contributed by atoms with Crippen LogP contribution in [0.2, 0.25) is 0 Å². The monoisotopic (exact) mass is 285 g/mol. The van der Waals surface area contributed by atoms with Crippen LogP contribution in [0.25, 0.3) is 11.0 Å². The van der Waals surface area contributed by atoms with Gasteiger partial charge in [0.15, 0.2) is 21.2 Å². The molecule has 19 heavy (non-hydrogen) atoms. The molecule has 0 amide bonds. The van der Waals surface area contributed by atoms with Crippen molar-refractivity contribution in [1.82, 2.24) is 0 Å². The summed E-state index contributed by atoms with van der Waals surface area (Å²) in [6.07, 6.45) is 1.12. The molecule has 2 N–H and O–H groups in total. The normalized spacial score (nSPS) is 14.8. The molecule has 1 atom stereocenters. The minimum atomic E-state index is -3.38. The third-order valence-electron chi connectivity index (χ3n) is 3.53. The van der Waals surface area contributed by atoms with Gasteiger partial charge in [-0.05, 0) is 26.0 Å². The van der Waals surface area contributed by atoms with Crippen LogP contribution in [0.15, 0.2) is 28.7 Å². The second-order valence-electron chi connectivity index (χ2n) is 5.16. The molecule has 104 valence electrons. The Balaban J connectivity index is 2.54. The van der Waals surface area contributed by atoms with Crippen molar-refractivity contribution >= 4 is 20.8 Å². The van der Waals surface area contributed by atoms with Crippen LogP contribution in [0, 0.1) is 5.82 Å². The number of furan rings is 1. The topological polar surface area (TPSA) is 73.3 Å². The number of benzene rings is 1. The summed E-state index contributed by atoms with van der Waals surface area (Å²) < 4.78 is 41.2. The van der Waals surface area contributed by atoms with E-state index >= 15 is 0 Å². The quantitative estimate of drug-likeness (QED) is 0.939. The summed E-state index contributed by atoms with van der Waals surface area (Å²) in [5, 5.41) is 0.565. The summed E-state index contributed by atoms with van der Waals surface area (Å²) >= 11 is 0. The van der Waals surface area contributed by atoms with E-state index in [2.05, 4.69) is 0 Å². The third-order valence-corrected chi connectivity index (χ3v) is 5.69. The Kier molecular flexibility index (Phi) is 3.18. The smallest absolute Gasteiger partial charge is 0.169 e. The van der Waals surface area contributed by atoms with Gasteiger partial charge in [0.1, 0.15) is 5.76 Å². The van der Waals surface area contributed by atoms with E-state index in [1.165, 1.54) is 19.9 Å². The first kappa shape index (κ1) is 14.0. The van der Waals surface area contributed by atoms with Crippen molar-refractivity contribution in [2.45, 2.75) is 24.6 Å². The van der Waals surface area contributed by atoms with Gasteiger partial charge in [-0.15, -0.1) is 0 Å². The van der Waals surface area contributed by atoms with E-state index in [0.717, 1.165) is 6.26 Å². The first-order chi connectivity index (χ1) is 8.64. The molecule has 1 unspecified atom stereocenters. The number of hydrogen-bond donors (Lipinski definition) is 1. The lowest BCUT2D eigenvalue weighted by Gasteiger charge is -2.27. The second-order valence-corrected chi connectivity index (χ2v) is 7.76. The summed E-state index contributed by atoms with van der Waals surface area (Å²) in [5.41, 5.74) is 6.07. The van der Waals surface area contributed by atoms with Crippen LogP contribution in [0.4, 0.5) is 4.39 Å². The van der Waals surface area contributed by atoms with Gasteiger partial charge in [0, 0.05) is 11.6 Å². The van der Waals surface area contributed by atoms with Crippen molar-refractivity contribution in [3.05, 3.63) is 35.8 Å². The molecule has 0 saturated carbocycles. The van der Waals surface area contributed by atoms with Crippen LogP contribution < -0.4 is 5.73 Å². The van der Waals surface area contributed by atoms with Gasteiger partial charge in [-0.1, -0.05) is 12.1 Å². The fraction of sp³-hybridized carbons (Fsp3) is 0.385. The van der Waals surface area contributed by atoms with Crippen molar-refractivity contribution in [3.8, 4) is 0 Å². The van der Waals surface area contributed by atoms with Crippen molar-refractivity contribution in [2.24, 2.45) is 5.73 Å². The van der Waals surface area contributed by atoms with Gasteiger partial charge in [-0.2, -0.15) is 0 Å². The Bertz CT molecular complexity index is 719. The number of hydrogen-bond acceptors (Lipinski definition) is 4. The molecule has 0 bridgehead atoms. The van der Waals surface area contributed by atoms with E-state index in [1.807, 2.05) is 0 Å². The SMILES string of the molecule is CC(C)(C(N)c1cc2cccc(F)c2o1)S(C)(=O)=O. The Labute approximate surface area is 111 Å². The highest BCUT2D eigenvalue weighted by atomic mass is 32.2. The molecule has 0 aliphatic rings. The van der Waals surface area contributed by atoms with Crippen molar-refractivity contribution in [3.63, 3.8) is 0 Å². The maximum absolute atomic E-state index is 13.5. The summed E-state index contributed by atoms with van der Waals surface area (Å²) in [6.45, 7) is 3.05. The van der Waals surface area contributed by atoms with E-state index in [1.54, 1.807) is 18.2 Å². The van der Waals surface area contributed by atoms with Crippen LogP contribution in [-0.2, 0) is 9.84 Å². The maximum Gasteiger partial charge on any atom is 0.169 e. The van der Waals surface area contributed by atoms with Gasteiger partial charge in [0.25, 0.3) is 0 Å². The molecule has 0 spiro atoms. The molecule has 0 radical (unpaired) electrons. The largest absolute Gasteiger partial charge is 0.456 e. The maximum atomic E-state index is 13.5. The van der Waals surface area contributed by atoms with Gasteiger partial charge in [0.2, 0.25) is 0 Å². The molecular weight excluding hydrogens is 269 g/mol. The molecule has 1 aromatic heterocycles.